The second-order valence-electron chi connectivity index (χ2n) is 9.62. The predicted octanol–water partition coefficient (Wildman–Crippen LogP) is 3.56. The summed E-state index contributed by atoms with van der Waals surface area (Å²) in [5, 5.41) is 5.82. The van der Waals surface area contributed by atoms with E-state index in [2.05, 4.69) is 29.4 Å². The number of hydrogen-bond acceptors (Lipinski definition) is 4. The molecule has 7 nitrogen and oxygen atoms in total. The van der Waals surface area contributed by atoms with E-state index in [4.69, 9.17) is 4.74 Å². The quantitative estimate of drug-likeness (QED) is 0.654. The highest BCUT2D eigenvalue weighted by Crippen LogP contribution is 2.27. The first-order valence-electron chi connectivity index (χ1n) is 10.9. The lowest BCUT2D eigenvalue weighted by molar-refractivity contribution is -0.126. The van der Waals surface area contributed by atoms with Crippen LogP contribution in [0.1, 0.15) is 40.5 Å². The van der Waals surface area contributed by atoms with Crippen LogP contribution in [0.4, 0.5) is 14.9 Å². The molecule has 0 bridgehead atoms. The smallest absolute Gasteiger partial charge is 0.321 e. The van der Waals surface area contributed by atoms with Crippen LogP contribution in [0.25, 0.3) is 0 Å². The molecule has 0 unspecified atom stereocenters. The minimum Gasteiger partial charge on any atom is -0.489 e. The molecule has 8 heteroatoms. The number of hydrogen-bond donors (Lipinski definition) is 2. The number of nitrogens with zero attached hydrogens (tertiary/aromatic N) is 2. The van der Waals surface area contributed by atoms with Gasteiger partial charge in [-0.2, -0.15) is 0 Å². The van der Waals surface area contributed by atoms with Crippen LogP contribution in [-0.4, -0.2) is 68.1 Å². The number of ether oxygens (including phenoxy) is 1. The van der Waals surface area contributed by atoms with Gasteiger partial charge in [0.1, 0.15) is 11.6 Å². The number of rotatable bonds is 8. The van der Waals surface area contributed by atoms with E-state index in [9.17, 15) is 14.0 Å². The molecule has 1 fully saturated rings. The van der Waals surface area contributed by atoms with Crippen molar-refractivity contribution in [2.24, 2.45) is 11.3 Å². The van der Waals surface area contributed by atoms with Gasteiger partial charge in [0.2, 0.25) is 5.91 Å². The van der Waals surface area contributed by atoms with Crippen LogP contribution < -0.4 is 15.4 Å². The molecule has 1 saturated heterocycles. The van der Waals surface area contributed by atoms with Crippen molar-refractivity contribution < 1.29 is 18.7 Å². The molecule has 0 atom stereocenters. The van der Waals surface area contributed by atoms with Gasteiger partial charge in [0.05, 0.1) is 11.8 Å². The predicted molar refractivity (Wildman–Crippen MR) is 121 cm³/mol. The molecule has 1 aliphatic heterocycles. The molecule has 174 valence electrons. The zero-order valence-electron chi connectivity index (χ0n) is 19.6. The van der Waals surface area contributed by atoms with Gasteiger partial charge in [0.25, 0.3) is 0 Å². The maximum absolute atomic E-state index is 13.7. The molecular formula is C23H37FN4O3. The summed E-state index contributed by atoms with van der Waals surface area (Å²) >= 11 is 0. The van der Waals surface area contributed by atoms with Gasteiger partial charge in [-0.05, 0) is 58.3 Å². The van der Waals surface area contributed by atoms with E-state index >= 15 is 0 Å². The number of piperidine rings is 1. The number of benzene rings is 1. The molecule has 1 aromatic carbocycles. The van der Waals surface area contributed by atoms with E-state index in [1.165, 1.54) is 18.2 Å². The van der Waals surface area contributed by atoms with E-state index in [0.717, 1.165) is 6.54 Å². The third kappa shape index (κ3) is 8.01. The van der Waals surface area contributed by atoms with Crippen LogP contribution in [0.5, 0.6) is 5.75 Å². The molecular weight excluding hydrogens is 399 g/mol. The third-order valence-corrected chi connectivity index (χ3v) is 5.18. The summed E-state index contributed by atoms with van der Waals surface area (Å²) in [6, 6.07) is 3.76. The monoisotopic (exact) mass is 436 g/mol. The Bertz CT molecular complexity index is 759. The number of carbonyl (C=O) groups is 2. The minimum atomic E-state index is -0.445. The second-order valence-corrected chi connectivity index (χ2v) is 9.62. The van der Waals surface area contributed by atoms with Crippen LogP contribution in [0, 0.1) is 17.2 Å². The van der Waals surface area contributed by atoms with Gasteiger partial charge in [0, 0.05) is 38.2 Å². The van der Waals surface area contributed by atoms with Crippen molar-refractivity contribution in [3.63, 3.8) is 0 Å². The van der Waals surface area contributed by atoms with Gasteiger partial charge in [0.15, 0.2) is 0 Å². The highest BCUT2D eigenvalue weighted by atomic mass is 19.1. The highest BCUT2D eigenvalue weighted by Gasteiger charge is 2.29. The normalized spacial score (nSPS) is 15.3. The fourth-order valence-electron chi connectivity index (χ4n) is 3.88. The van der Waals surface area contributed by atoms with Gasteiger partial charge in [-0.1, -0.05) is 13.8 Å². The number of likely N-dealkylation sites (tertiary alicyclic amines) is 1. The average Bonchev–Trinajstić information content (AvgIpc) is 2.67. The Labute approximate surface area is 185 Å². The van der Waals surface area contributed by atoms with Crippen molar-refractivity contribution in [3.8, 4) is 5.75 Å². The average molecular weight is 437 g/mol. The van der Waals surface area contributed by atoms with E-state index < -0.39 is 5.82 Å². The Morgan fingerprint density at radius 1 is 1.26 bits per heavy atom. The van der Waals surface area contributed by atoms with E-state index in [1.807, 2.05) is 27.9 Å². The molecule has 1 heterocycles. The zero-order valence-corrected chi connectivity index (χ0v) is 19.6. The van der Waals surface area contributed by atoms with Gasteiger partial charge in [-0.3, -0.25) is 4.79 Å². The molecule has 0 aliphatic carbocycles. The van der Waals surface area contributed by atoms with E-state index in [0.29, 0.717) is 43.9 Å². The lowest BCUT2D eigenvalue weighted by atomic mass is 9.91. The summed E-state index contributed by atoms with van der Waals surface area (Å²) in [7, 11) is 4.04. The number of amides is 3. The number of carbonyl (C=O) groups excluding carboxylic acids is 2. The molecule has 31 heavy (non-hydrogen) atoms. The van der Waals surface area contributed by atoms with Crippen LogP contribution in [0.3, 0.4) is 0 Å². The number of nitrogens with one attached hydrogen (secondary N) is 2. The van der Waals surface area contributed by atoms with Crippen LogP contribution >= 0.6 is 0 Å². The van der Waals surface area contributed by atoms with Crippen LogP contribution in [-0.2, 0) is 4.79 Å². The maximum Gasteiger partial charge on any atom is 0.321 e. The van der Waals surface area contributed by atoms with Gasteiger partial charge in [-0.15, -0.1) is 0 Å². The second kappa shape index (κ2) is 10.8. The fourth-order valence-corrected chi connectivity index (χ4v) is 3.88. The first-order chi connectivity index (χ1) is 14.5. The van der Waals surface area contributed by atoms with E-state index in [-0.39, 0.29) is 29.4 Å². The van der Waals surface area contributed by atoms with Crippen molar-refractivity contribution in [1.82, 2.24) is 15.1 Å². The molecule has 1 aromatic rings. The van der Waals surface area contributed by atoms with E-state index in [1.54, 1.807) is 4.90 Å². The Morgan fingerprint density at radius 2 is 1.90 bits per heavy atom. The molecule has 3 amide bonds. The third-order valence-electron chi connectivity index (χ3n) is 5.18. The SMILES string of the molecule is CC(C)Oc1ccc(F)cc1NC(=O)N1CCC(C(=O)NCC(C)(C)CN(C)C)CC1. The van der Waals surface area contributed by atoms with Crippen molar-refractivity contribution in [2.45, 2.75) is 46.6 Å². The molecule has 0 spiro atoms. The molecule has 1 aliphatic rings. The van der Waals surface area contributed by atoms with Gasteiger partial charge < -0.3 is 25.2 Å². The van der Waals surface area contributed by atoms with Crippen molar-refractivity contribution in [2.75, 3.05) is 45.6 Å². The number of anilines is 1. The van der Waals surface area contributed by atoms with Crippen LogP contribution in [0.15, 0.2) is 18.2 Å². The summed E-state index contributed by atoms with van der Waals surface area (Å²) in [6.45, 7) is 10.4. The molecule has 0 radical (unpaired) electrons. The summed E-state index contributed by atoms with van der Waals surface area (Å²) in [6.07, 6.45) is 1.11. The molecule has 2 N–H and O–H groups in total. The molecule has 0 aromatic heterocycles. The van der Waals surface area contributed by atoms with Gasteiger partial charge >= 0.3 is 6.03 Å². The Morgan fingerprint density at radius 3 is 2.48 bits per heavy atom. The Kier molecular flexibility index (Phi) is 8.68. The number of urea groups is 1. The first kappa shape index (κ1) is 24.9. The standard InChI is InChI=1S/C23H37FN4O3/c1-16(2)31-20-8-7-18(24)13-19(20)26-22(30)28-11-9-17(10-12-28)21(29)25-14-23(3,4)15-27(5)6/h7-8,13,16-17H,9-12,14-15H2,1-6H3,(H,25,29)(H,26,30). The van der Waals surface area contributed by atoms with Crippen molar-refractivity contribution >= 4 is 17.6 Å². The minimum absolute atomic E-state index is 0.0134. The summed E-state index contributed by atoms with van der Waals surface area (Å²) < 4.78 is 19.3. The van der Waals surface area contributed by atoms with Crippen molar-refractivity contribution in [3.05, 3.63) is 24.0 Å². The fraction of sp³-hybridized carbons (Fsp3) is 0.652. The largest absolute Gasteiger partial charge is 0.489 e. The Hall–Kier alpha value is -2.35. The Balaban J connectivity index is 1.87. The highest BCUT2D eigenvalue weighted by molar-refractivity contribution is 5.91. The molecule has 0 saturated carbocycles. The van der Waals surface area contributed by atoms with Gasteiger partial charge in [-0.25, -0.2) is 9.18 Å². The summed E-state index contributed by atoms with van der Waals surface area (Å²) in [4.78, 5) is 29.0. The van der Waals surface area contributed by atoms with Crippen molar-refractivity contribution in [1.29, 1.82) is 0 Å². The summed E-state index contributed by atoms with van der Waals surface area (Å²) in [5.74, 6) is -0.0730. The topological polar surface area (TPSA) is 73.9 Å². The first-order valence-corrected chi connectivity index (χ1v) is 10.9. The van der Waals surface area contributed by atoms with Crippen LogP contribution in [0.2, 0.25) is 0 Å². The summed E-state index contributed by atoms with van der Waals surface area (Å²) in [5.41, 5.74) is 0.294. The molecule has 2 rings (SSSR count). The lowest BCUT2D eigenvalue weighted by Crippen LogP contribution is -2.46. The zero-order chi connectivity index (χ0) is 23.2. The number of halogens is 1. The maximum atomic E-state index is 13.7. The lowest BCUT2D eigenvalue weighted by Gasteiger charge is -2.33.